The number of fused-ring (bicyclic) bond motifs is 4. The first-order valence-electron chi connectivity index (χ1n) is 9.32. The highest BCUT2D eigenvalue weighted by molar-refractivity contribution is 6.03. The molecule has 3 nitrogen and oxygen atoms in total. The molecule has 4 unspecified atom stereocenters. The number of aryl methyl sites for hydroxylation is 1. The molecule has 0 spiro atoms. The number of nitrogens with zero attached hydrogens (tertiary/aromatic N) is 2. The number of benzene rings is 1. The van der Waals surface area contributed by atoms with Crippen molar-refractivity contribution in [3.05, 3.63) is 41.1 Å². The maximum Gasteiger partial charge on any atom is 0.256 e. The van der Waals surface area contributed by atoms with Crippen molar-refractivity contribution in [2.24, 2.45) is 17.8 Å². The van der Waals surface area contributed by atoms with Gasteiger partial charge in [-0.05, 0) is 62.5 Å². The van der Waals surface area contributed by atoms with E-state index in [9.17, 15) is 4.79 Å². The van der Waals surface area contributed by atoms with Crippen molar-refractivity contribution in [2.45, 2.75) is 52.1 Å². The van der Waals surface area contributed by atoms with Crippen LogP contribution in [0.15, 0.2) is 24.3 Å². The molecule has 2 saturated carbocycles. The van der Waals surface area contributed by atoms with E-state index in [1.807, 2.05) is 12.1 Å². The molecule has 24 heavy (non-hydrogen) atoms. The highest BCUT2D eigenvalue weighted by Gasteiger charge is 2.45. The first-order valence-corrected chi connectivity index (χ1v) is 9.32. The number of carbonyl (C=O) groups is 1. The lowest BCUT2D eigenvalue weighted by Crippen LogP contribution is -2.40. The van der Waals surface area contributed by atoms with Crippen LogP contribution >= 0.6 is 0 Å². The van der Waals surface area contributed by atoms with Gasteiger partial charge in [0.25, 0.3) is 5.91 Å². The van der Waals surface area contributed by atoms with Crippen LogP contribution in [0.1, 0.15) is 54.2 Å². The largest absolute Gasteiger partial charge is 0.330 e. The van der Waals surface area contributed by atoms with Crippen molar-refractivity contribution in [2.75, 3.05) is 0 Å². The zero-order valence-electron chi connectivity index (χ0n) is 14.5. The second-order valence-electron chi connectivity index (χ2n) is 8.09. The fourth-order valence-corrected chi connectivity index (χ4v) is 5.66. The molecule has 3 heteroatoms. The van der Waals surface area contributed by atoms with E-state index in [-0.39, 0.29) is 5.91 Å². The number of para-hydroxylation sites is 1. The predicted octanol–water partition coefficient (Wildman–Crippen LogP) is 4.32. The van der Waals surface area contributed by atoms with E-state index in [0.29, 0.717) is 18.5 Å². The molecule has 2 bridgehead atoms. The standard InChI is InChI=1S/C21H24N2O/c1-12-16-5-3-4-6-18(16)22-19-11-23(21(24)20(12)19)13(2)17-10-14-7-8-15(17)9-14/h3-6,13-15,17H,7-11H2,1-2H3. The molecule has 5 rings (SSSR count). The Morgan fingerprint density at radius 3 is 2.79 bits per heavy atom. The summed E-state index contributed by atoms with van der Waals surface area (Å²) in [6.45, 7) is 5.03. The molecule has 2 heterocycles. The summed E-state index contributed by atoms with van der Waals surface area (Å²) in [5.74, 6) is 2.66. The van der Waals surface area contributed by atoms with Gasteiger partial charge in [-0.3, -0.25) is 9.78 Å². The molecule has 0 N–H and O–H groups in total. The maximum atomic E-state index is 13.2. The number of hydrogen-bond donors (Lipinski definition) is 0. The molecule has 1 aliphatic heterocycles. The average Bonchev–Trinajstić information content (AvgIpc) is 3.29. The van der Waals surface area contributed by atoms with Crippen LogP contribution in [-0.4, -0.2) is 21.8 Å². The van der Waals surface area contributed by atoms with Gasteiger partial charge in [0.2, 0.25) is 0 Å². The molecule has 1 aromatic heterocycles. The lowest BCUT2D eigenvalue weighted by molar-refractivity contribution is 0.0604. The average molecular weight is 320 g/mol. The van der Waals surface area contributed by atoms with Gasteiger partial charge in [-0.1, -0.05) is 24.6 Å². The third-order valence-corrected chi connectivity index (χ3v) is 6.93. The zero-order valence-corrected chi connectivity index (χ0v) is 14.5. The van der Waals surface area contributed by atoms with Gasteiger partial charge in [0.05, 0.1) is 23.3 Å². The Hall–Kier alpha value is -1.90. The molecule has 1 amide bonds. The molecule has 2 aliphatic carbocycles. The van der Waals surface area contributed by atoms with Crippen LogP contribution in [0.5, 0.6) is 0 Å². The minimum absolute atomic E-state index is 0.205. The number of amides is 1. The Morgan fingerprint density at radius 2 is 2.04 bits per heavy atom. The third kappa shape index (κ3) is 1.90. The molecule has 1 aromatic carbocycles. The van der Waals surface area contributed by atoms with Gasteiger partial charge in [0, 0.05) is 11.4 Å². The molecular formula is C21H24N2O. The second-order valence-corrected chi connectivity index (χ2v) is 8.09. The monoisotopic (exact) mass is 320 g/mol. The van der Waals surface area contributed by atoms with Crippen molar-refractivity contribution in [3.8, 4) is 0 Å². The lowest BCUT2D eigenvalue weighted by Gasteiger charge is -2.34. The fraction of sp³-hybridized carbons (Fsp3) is 0.524. The van der Waals surface area contributed by atoms with E-state index >= 15 is 0 Å². The van der Waals surface area contributed by atoms with Crippen LogP contribution in [0.3, 0.4) is 0 Å². The van der Waals surface area contributed by atoms with E-state index in [4.69, 9.17) is 4.98 Å². The molecule has 2 fully saturated rings. The predicted molar refractivity (Wildman–Crippen MR) is 94.8 cm³/mol. The first kappa shape index (κ1) is 14.4. The summed E-state index contributed by atoms with van der Waals surface area (Å²) >= 11 is 0. The first-order chi connectivity index (χ1) is 11.6. The van der Waals surface area contributed by atoms with Crippen LogP contribution < -0.4 is 0 Å². The van der Waals surface area contributed by atoms with Crippen molar-refractivity contribution < 1.29 is 4.79 Å². The molecule has 0 radical (unpaired) electrons. The third-order valence-electron chi connectivity index (χ3n) is 6.93. The van der Waals surface area contributed by atoms with Crippen LogP contribution in [0.25, 0.3) is 10.9 Å². The summed E-state index contributed by atoms with van der Waals surface area (Å²) in [6.07, 6.45) is 5.50. The Morgan fingerprint density at radius 1 is 1.21 bits per heavy atom. The minimum atomic E-state index is 0.205. The number of rotatable bonds is 2. The molecule has 2 aromatic rings. The van der Waals surface area contributed by atoms with E-state index in [0.717, 1.165) is 39.6 Å². The van der Waals surface area contributed by atoms with Crippen LogP contribution in [0.4, 0.5) is 0 Å². The molecule has 3 aliphatic rings. The molecule has 4 atom stereocenters. The van der Waals surface area contributed by atoms with Crippen molar-refractivity contribution >= 4 is 16.8 Å². The smallest absolute Gasteiger partial charge is 0.256 e. The van der Waals surface area contributed by atoms with Crippen LogP contribution in [-0.2, 0) is 6.54 Å². The van der Waals surface area contributed by atoms with Gasteiger partial charge >= 0.3 is 0 Å². The Labute approximate surface area is 143 Å². The maximum absolute atomic E-state index is 13.2. The SMILES string of the molecule is Cc1c2c(nc3ccccc13)CN(C(C)C1CC3CCC1C3)C2=O. The summed E-state index contributed by atoms with van der Waals surface area (Å²) in [5.41, 5.74) is 3.95. The van der Waals surface area contributed by atoms with Gasteiger partial charge in [-0.15, -0.1) is 0 Å². The van der Waals surface area contributed by atoms with Gasteiger partial charge in [-0.25, -0.2) is 0 Å². The summed E-state index contributed by atoms with van der Waals surface area (Å²) in [6, 6.07) is 8.51. The van der Waals surface area contributed by atoms with Crippen molar-refractivity contribution in [1.82, 2.24) is 9.88 Å². The number of hydrogen-bond acceptors (Lipinski definition) is 2. The Bertz CT molecular complexity index is 843. The summed E-state index contributed by atoms with van der Waals surface area (Å²) in [4.78, 5) is 20.1. The fourth-order valence-electron chi connectivity index (χ4n) is 5.66. The topological polar surface area (TPSA) is 33.2 Å². The van der Waals surface area contributed by atoms with E-state index in [1.165, 1.54) is 25.7 Å². The minimum Gasteiger partial charge on any atom is -0.330 e. The number of aromatic nitrogens is 1. The number of pyridine rings is 1. The van der Waals surface area contributed by atoms with Crippen molar-refractivity contribution in [3.63, 3.8) is 0 Å². The summed E-state index contributed by atoms with van der Waals surface area (Å²) in [5, 5.41) is 1.11. The van der Waals surface area contributed by atoms with E-state index < -0.39 is 0 Å². The zero-order chi connectivity index (χ0) is 16.4. The summed E-state index contributed by atoms with van der Waals surface area (Å²) in [7, 11) is 0. The summed E-state index contributed by atoms with van der Waals surface area (Å²) < 4.78 is 0. The Kier molecular flexibility index (Phi) is 3.04. The molecule has 0 saturated heterocycles. The highest BCUT2D eigenvalue weighted by Crippen LogP contribution is 2.51. The normalized spacial score (nSPS) is 29.5. The second kappa shape index (κ2) is 5.05. The molecular weight excluding hydrogens is 296 g/mol. The highest BCUT2D eigenvalue weighted by atomic mass is 16.2. The quantitative estimate of drug-likeness (QED) is 0.825. The van der Waals surface area contributed by atoms with Gasteiger partial charge in [-0.2, -0.15) is 0 Å². The Balaban J connectivity index is 1.51. The lowest BCUT2D eigenvalue weighted by atomic mass is 9.83. The van der Waals surface area contributed by atoms with Crippen molar-refractivity contribution in [1.29, 1.82) is 0 Å². The van der Waals surface area contributed by atoms with Crippen LogP contribution in [0, 0.1) is 24.7 Å². The molecule has 124 valence electrons. The van der Waals surface area contributed by atoms with Crippen LogP contribution in [0.2, 0.25) is 0 Å². The van der Waals surface area contributed by atoms with Gasteiger partial charge < -0.3 is 4.90 Å². The van der Waals surface area contributed by atoms with E-state index in [1.54, 1.807) is 0 Å². The van der Waals surface area contributed by atoms with Gasteiger partial charge in [0.1, 0.15) is 0 Å². The number of carbonyl (C=O) groups excluding carboxylic acids is 1. The van der Waals surface area contributed by atoms with Gasteiger partial charge in [0.15, 0.2) is 0 Å². The van der Waals surface area contributed by atoms with E-state index in [2.05, 4.69) is 30.9 Å².